The molecule has 0 bridgehead atoms. The van der Waals surface area contributed by atoms with Crippen molar-refractivity contribution in [3.8, 4) is 0 Å². The van der Waals surface area contributed by atoms with Gasteiger partial charge in [0.2, 0.25) is 0 Å². The first-order valence-corrected chi connectivity index (χ1v) is 3.90. The monoisotopic (exact) mass is 156 g/mol. The van der Waals surface area contributed by atoms with E-state index in [1.807, 2.05) is 4.90 Å². The highest BCUT2D eigenvalue weighted by molar-refractivity contribution is 5.74. The van der Waals surface area contributed by atoms with Crippen molar-refractivity contribution in [2.24, 2.45) is 5.73 Å². The van der Waals surface area contributed by atoms with Crippen LogP contribution < -0.4 is 5.73 Å². The Morgan fingerprint density at radius 1 is 1.55 bits per heavy atom. The quantitative estimate of drug-likeness (QED) is 0.368. The summed E-state index contributed by atoms with van der Waals surface area (Å²) in [6, 6.07) is 0.507. The van der Waals surface area contributed by atoms with Gasteiger partial charge >= 0.3 is 0 Å². The molecule has 1 saturated heterocycles. The summed E-state index contributed by atoms with van der Waals surface area (Å²) < 4.78 is 0. The maximum atomic E-state index is 7.23. The molecule has 0 spiro atoms. The van der Waals surface area contributed by atoms with Crippen LogP contribution in [0.3, 0.4) is 0 Å². The van der Waals surface area contributed by atoms with E-state index >= 15 is 0 Å². The zero-order valence-corrected chi connectivity index (χ0v) is 7.17. The molecule has 1 rings (SSSR count). The minimum absolute atomic E-state index is 0.199. The van der Waals surface area contributed by atoms with Gasteiger partial charge in [0, 0.05) is 25.7 Å². The minimum Gasteiger partial charge on any atom is -0.370 e. The van der Waals surface area contributed by atoms with Crippen LogP contribution in [-0.4, -0.2) is 48.5 Å². The van der Waals surface area contributed by atoms with Gasteiger partial charge in [-0.15, -0.1) is 0 Å². The second kappa shape index (κ2) is 3.09. The molecule has 1 aliphatic rings. The van der Waals surface area contributed by atoms with Crippen molar-refractivity contribution in [3.63, 3.8) is 0 Å². The van der Waals surface area contributed by atoms with Crippen LogP contribution in [0.25, 0.3) is 0 Å². The van der Waals surface area contributed by atoms with Gasteiger partial charge in [-0.05, 0) is 14.0 Å². The van der Waals surface area contributed by atoms with Crippen molar-refractivity contribution in [1.29, 1.82) is 5.41 Å². The Bertz CT molecular complexity index is 157. The highest BCUT2D eigenvalue weighted by Crippen LogP contribution is 2.05. The highest BCUT2D eigenvalue weighted by atomic mass is 15.3. The van der Waals surface area contributed by atoms with E-state index in [1.54, 1.807) is 0 Å². The molecule has 0 saturated carbocycles. The number of nitrogens with zero attached hydrogens (tertiary/aromatic N) is 2. The molecule has 3 N–H and O–H groups in total. The third kappa shape index (κ3) is 1.83. The van der Waals surface area contributed by atoms with Crippen LogP contribution in [0.5, 0.6) is 0 Å². The molecule has 11 heavy (non-hydrogen) atoms. The first-order chi connectivity index (χ1) is 5.11. The maximum absolute atomic E-state index is 7.23. The van der Waals surface area contributed by atoms with E-state index in [0.717, 1.165) is 19.6 Å². The van der Waals surface area contributed by atoms with Gasteiger partial charge in [-0.1, -0.05) is 0 Å². The van der Waals surface area contributed by atoms with Crippen molar-refractivity contribution in [1.82, 2.24) is 9.80 Å². The lowest BCUT2D eigenvalue weighted by Gasteiger charge is -2.37. The molecule has 64 valence electrons. The lowest BCUT2D eigenvalue weighted by atomic mass is 10.2. The van der Waals surface area contributed by atoms with E-state index in [2.05, 4.69) is 18.9 Å². The van der Waals surface area contributed by atoms with E-state index in [1.165, 1.54) is 0 Å². The average Bonchev–Trinajstić information content (AvgIpc) is 1.94. The normalized spacial score (nSPS) is 27.1. The van der Waals surface area contributed by atoms with Gasteiger partial charge in [0.25, 0.3) is 0 Å². The van der Waals surface area contributed by atoms with Crippen LogP contribution in [0.2, 0.25) is 0 Å². The van der Waals surface area contributed by atoms with Gasteiger partial charge in [0.15, 0.2) is 5.96 Å². The van der Waals surface area contributed by atoms with Crippen LogP contribution in [0.4, 0.5) is 0 Å². The Balaban J connectivity index is 2.46. The first kappa shape index (κ1) is 8.33. The summed E-state index contributed by atoms with van der Waals surface area (Å²) in [4.78, 5) is 4.18. The Morgan fingerprint density at radius 2 is 2.18 bits per heavy atom. The number of piperazine rings is 1. The molecule has 1 atom stereocenters. The molecule has 1 heterocycles. The maximum Gasteiger partial charge on any atom is 0.188 e. The summed E-state index contributed by atoms with van der Waals surface area (Å²) >= 11 is 0. The Labute approximate surface area is 67.5 Å². The summed E-state index contributed by atoms with van der Waals surface area (Å²) in [6.45, 7) is 4.91. The third-order valence-corrected chi connectivity index (χ3v) is 2.30. The van der Waals surface area contributed by atoms with Crippen LogP contribution in [-0.2, 0) is 0 Å². The number of nitrogens with one attached hydrogen (secondary N) is 1. The summed E-state index contributed by atoms with van der Waals surface area (Å²) in [5.74, 6) is 0.199. The second-order valence-electron chi connectivity index (χ2n) is 3.16. The van der Waals surface area contributed by atoms with Gasteiger partial charge < -0.3 is 15.5 Å². The summed E-state index contributed by atoms with van der Waals surface area (Å²) in [5.41, 5.74) is 5.37. The molecule has 0 aliphatic carbocycles. The minimum atomic E-state index is 0.199. The molecular weight excluding hydrogens is 140 g/mol. The number of hydrogen-bond donors (Lipinski definition) is 2. The smallest absolute Gasteiger partial charge is 0.188 e. The van der Waals surface area contributed by atoms with Crippen LogP contribution in [0.1, 0.15) is 6.92 Å². The predicted molar refractivity (Wildman–Crippen MR) is 45.6 cm³/mol. The molecule has 4 nitrogen and oxygen atoms in total. The van der Waals surface area contributed by atoms with Gasteiger partial charge in [-0.25, -0.2) is 0 Å². The standard InChI is InChI=1S/C7H16N4/c1-6-5-11(7(8)9)4-3-10(6)2/h6H,3-5H2,1-2H3,(H3,8,9). The Morgan fingerprint density at radius 3 is 2.64 bits per heavy atom. The van der Waals surface area contributed by atoms with Crippen molar-refractivity contribution in [3.05, 3.63) is 0 Å². The SMILES string of the molecule is CC1CN(C(=N)N)CCN1C. The van der Waals surface area contributed by atoms with E-state index in [9.17, 15) is 0 Å². The fourth-order valence-electron chi connectivity index (χ4n) is 1.27. The van der Waals surface area contributed by atoms with E-state index in [4.69, 9.17) is 11.1 Å². The third-order valence-electron chi connectivity index (χ3n) is 2.30. The number of guanidine groups is 1. The van der Waals surface area contributed by atoms with E-state index in [-0.39, 0.29) is 5.96 Å². The lowest BCUT2D eigenvalue weighted by molar-refractivity contribution is 0.151. The average molecular weight is 156 g/mol. The highest BCUT2D eigenvalue weighted by Gasteiger charge is 2.20. The zero-order valence-electron chi connectivity index (χ0n) is 7.17. The number of rotatable bonds is 0. The first-order valence-electron chi connectivity index (χ1n) is 3.90. The van der Waals surface area contributed by atoms with Crippen molar-refractivity contribution < 1.29 is 0 Å². The molecule has 0 aromatic heterocycles. The van der Waals surface area contributed by atoms with Crippen LogP contribution in [0, 0.1) is 5.41 Å². The lowest BCUT2D eigenvalue weighted by Crippen LogP contribution is -2.53. The fraction of sp³-hybridized carbons (Fsp3) is 0.857. The van der Waals surface area contributed by atoms with Gasteiger partial charge in [0.05, 0.1) is 0 Å². The Kier molecular flexibility index (Phi) is 2.34. The predicted octanol–water partition coefficient (Wildman–Crippen LogP) is -0.484. The molecule has 1 unspecified atom stereocenters. The number of hydrogen-bond acceptors (Lipinski definition) is 2. The molecule has 0 radical (unpaired) electrons. The molecule has 0 amide bonds. The Hall–Kier alpha value is -0.770. The second-order valence-corrected chi connectivity index (χ2v) is 3.16. The molecule has 1 fully saturated rings. The van der Waals surface area contributed by atoms with E-state index in [0.29, 0.717) is 6.04 Å². The van der Waals surface area contributed by atoms with Crippen molar-refractivity contribution in [2.75, 3.05) is 26.7 Å². The topological polar surface area (TPSA) is 56.4 Å². The molecule has 0 aromatic rings. The molecule has 0 aromatic carbocycles. The van der Waals surface area contributed by atoms with E-state index < -0.39 is 0 Å². The summed E-state index contributed by atoms with van der Waals surface area (Å²) in [5, 5.41) is 7.23. The zero-order chi connectivity index (χ0) is 8.43. The molecular formula is C7H16N4. The summed E-state index contributed by atoms with van der Waals surface area (Å²) in [6.07, 6.45) is 0. The molecule has 4 heteroatoms. The van der Waals surface area contributed by atoms with Crippen molar-refractivity contribution >= 4 is 5.96 Å². The summed E-state index contributed by atoms with van der Waals surface area (Å²) in [7, 11) is 2.10. The van der Waals surface area contributed by atoms with Gasteiger partial charge in [-0.2, -0.15) is 0 Å². The van der Waals surface area contributed by atoms with Gasteiger partial charge in [-0.3, -0.25) is 5.41 Å². The molecule has 1 aliphatic heterocycles. The largest absolute Gasteiger partial charge is 0.370 e. The fourth-order valence-corrected chi connectivity index (χ4v) is 1.27. The van der Waals surface area contributed by atoms with Crippen LogP contribution in [0.15, 0.2) is 0 Å². The van der Waals surface area contributed by atoms with Crippen molar-refractivity contribution in [2.45, 2.75) is 13.0 Å². The van der Waals surface area contributed by atoms with Crippen LogP contribution >= 0.6 is 0 Å². The number of likely N-dealkylation sites (N-methyl/N-ethyl adjacent to an activating group) is 1. The number of nitrogens with two attached hydrogens (primary N) is 1. The van der Waals surface area contributed by atoms with Gasteiger partial charge in [0.1, 0.15) is 0 Å².